The number of carbonyl (C=O) groups is 1. The molecule has 0 saturated heterocycles. The standard InChI is InChI=1S/C9H9IO3/c1-6(11)13-9-7(10)4-3-5-8(9)12-2/h3-5H,1-2H3. The Morgan fingerprint density at radius 1 is 1.46 bits per heavy atom. The lowest BCUT2D eigenvalue weighted by atomic mass is 10.3. The van der Waals surface area contributed by atoms with Gasteiger partial charge in [0.2, 0.25) is 0 Å². The Hall–Kier alpha value is -0.780. The summed E-state index contributed by atoms with van der Waals surface area (Å²) in [6, 6.07) is 5.44. The van der Waals surface area contributed by atoms with Crippen LogP contribution < -0.4 is 9.47 Å². The Morgan fingerprint density at radius 2 is 2.15 bits per heavy atom. The first kappa shape index (κ1) is 10.3. The highest BCUT2D eigenvalue weighted by Gasteiger charge is 2.09. The molecule has 70 valence electrons. The van der Waals surface area contributed by atoms with Crippen molar-refractivity contribution in [3.63, 3.8) is 0 Å². The van der Waals surface area contributed by atoms with E-state index in [1.54, 1.807) is 13.2 Å². The second kappa shape index (κ2) is 4.45. The average Bonchev–Trinajstić information content (AvgIpc) is 2.08. The second-order valence-corrected chi connectivity index (χ2v) is 3.53. The SMILES string of the molecule is COc1cccc(I)c1OC(C)=O. The molecule has 3 nitrogen and oxygen atoms in total. The van der Waals surface area contributed by atoms with Gasteiger partial charge in [0.1, 0.15) is 0 Å². The summed E-state index contributed by atoms with van der Waals surface area (Å²) >= 11 is 2.09. The van der Waals surface area contributed by atoms with Gasteiger partial charge in [0.05, 0.1) is 10.7 Å². The minimum atomic E-state index is -0.345. The van der Waals surface area contributed by atoms with Crippen molar-refractivity contribution < 1.29 is 14.3 Å². The van der Waals surface area contributed by atoms with Crippen LogP contribution in [-0.2, 0) is 4.79 Å². The number of ether oxygens (including phenoxy) is 2. The smallest absolute Gasteiger partial charge is 0.308 e. The number of carbonyl (C=O) groups excluding carboxylic acids is 1. The molecule has 1 aromatic carbocycles. The molecule has 0 atom stereocenters. The molecule has 4 heteroatoms. The number of halogens is 1. The minimum absolute atomic E-state index is 0.345. The number of benzene rings is 1. The Kier molecular flexibility index (Phi) is 3.53. The normalized spacial score (nSPS) is 9.46. The van der Waals surface area contributed by atoms with E-state index in [-0.39, 0.29) is 5.97 Å². The van der Waals surface area contributed by atoms with Crippen LogP contribution in [0.2, 0.25) is 0 Å². The van der Waals surface area contributed by atoms with Gasteiger partial charge in [-0.2, -0.15) is 0 Å². The van der Waals surface area contributed by atoms with Crippen molar-refractivity contribution in [1.82, 2.24) is 0 Å². The first-order valence-electron chi connectivity index (χ1n) is 3.66. The average molecular weight is 292 g/mol. The summed E-state index contributed by atoms with van der Waals surface area (Å²) in [7, 11) is 1.54. The van der Waals surface area contributed by atoms with Crippen molar-refractivity contribution >= 4 is 28.6 Å². The van der Waals surface area contributed by atoms with Crippen molar-refractivity contribution in [3.8, 4) is 11.5 Å². The van der Waals surface area contributed by atoms with Gasteiger partial charge in [0.25, 0.3) is 0 Å². The summed E-state index contributed by atoms with van der Waals surface area (Å²) in [5.74, 6) is 0.711. The maximum Gasteiger partial charge on any atom is 0.308 e. The van der Waals surface area contributed by atoms with Crippen LogP contribution in [0, 0.1) is 3.57 Å². The summed E-state index contributed by atoms with van der Waals surface area (Å²) in [5, 5.41) is 0. The fourth-order valence-electron chi connectivity index (χ4n) is 0.893. The maximum absolute atomic E-state index is 10.8. The molecule has 0 N–H and O–H groups in total. The lowest BCUT2D eigenvalue weighted by molar-refractivity contribution is -0.132. The molecule has 1 aromatic rings. The maximum atomic E-state index is 10.8. The predicted molar refractivity (Wildman–Crippen MR) is 57.0 cm³/mol. The van der Waals surface area contributed by atoms with E-state index in [4.69, 9.17) is 9.47 Å². The largest absolute Gasteiger partial charge is 0.493 e. The molecular weight excluding hydrogens is 283 g/mol. The van der Waals surface area contributed by atoms with E-state index < -0.39 is 0 Å². The summed E-state index contributed by atoms with van der Waals surface area (Å²) in [6.45, 7) is 1.36. The quantitative estimate of drug-likeness (QED) is 0.476. The van der Waals surface area contributed by atoms with E-state index in [1.165, 1.54) is 6.92 Å². The van der Waals surface area contributed by atoms with Gasteiger partial charge < -0.3 is 9.47 Å². The number of para-hydroxylation sites is 1. The van der Waals surface area contributed by atoms with Crippen LogP contribution in [-0.4, -0.2) is 13.1 Å². The van der Waals surface area contributed by atoms with Gasteiger partial charge in [-0.15, -0.1) is 0 Å². The molecule has 0 aliphatic rings. The molecule has 1 rings (SSSR count). The molecule has 0 heterocycles. The van der Waals surface area contributed by atoms with Gasteiger partial charge in [0, 0.05) is 6.92 Å². The van der Waals surface area contributed by atoms with Gasteiger partial charge in [-0.1, -0.05) is 6.07 Å². The lowest BCUT2D eigenvalue weighted by Crippen LogP contribution is -2.04. The predicted octanol–water partition coefficient (Wildman–Crippen LogP) is 2.23. The van der Waals surface area contributed by atoms with E-state index in [0.29, 0.717) is 11.5 Å². The number of hydrogen-bond donors (Lipinski definition) is 0. The van der Waals surface area contributed by atoms with Gasteiger partial charge in [0.15, 0.2) is 11.5 Å². The molecule has 0 radical (unpaired) electrons. The molecule has 0 aromatic heterocycles. The fourth-order valence-corrected chi connectivity index (χ4v) is 1.48. The third-order valence-corrected chi connectivity index (χ3v) is 2.25. The third kappa shape index (κ3) is 2.58. The van der Waals surface area contributed by atoms with Crippen LogP contribution in [0.5, 0.6) is 11.5 Å². The van der Waals surface area contributed by atoms with Crippen molar-refractivity contribution in [3.05, 3.63) is 21.8 Å². The molecular formula is C9H9IO3. The van der Waals surface area contributed by atoms with Crippen molar-refractivity contribution in [1.29, 1.82) is 0 Å². The second-order valence-electron chi connectivity index (χ2n) is 2.36. The summed E-state index contributed by atoms with van der Waals surface area (Å²) in [6.07, 6.45) is 0. The molecule has 0 aliphatic carbocycles. The number of methoxy groups -OCH3 is 1. The van der Waals surface area contributed by atoms with Gasteiger partial charge >= 0.3 is 5.97 Å². The molecule has 0 fully saturated rings. The zero-order valence-corrected chi connectivity index (χ0v) is 9.49. The molecule has 0 aliphatic heterocycles. The molecule has 0 unspecified atom stereocenters. The highest BCUT2D eigenvalue weighted by molar-refractivity contribution is 14.1. The van der Waals surface area contributed by atoms with E-state index in [0.717, 1.165) is 3.57 Å². The van der Waals surface area contributed by atoms with E-state index in [9.17, 15) is 4.79 Å². The topological polar surface area (TPSA) is 35.5 Å². The van der Waals surface area contributed by atoms with E-state index >= 15 is 0 Å². The zero-order chi connectivity index (χ0) is 9.84. The van der Waals surface area contributed by atoms with Gasteiger partial charge in [-0.3, -0.25) is 4.79 Å². The van der Waals surface area contributed by atoms with Crippen molar-refractivity contribution in [2.45, 2.75) is 6.92 Å². The van der Waals surface area contributed by atoms with Crippen LogP contribution in [0.25, 0.3) is 0 Å². The highest BCUT2D eigenvalue weighted by Crippen LogP contribution is 2.31. The fraction of sp³-hybridized carbons (Fsp3) is 0.222. The number of hydrogen-bond acceptors (Lipinski definition) is 3. The van der Waals surface area contributed by atoms with E-state index in [2.05, 4.69) is 22.6 Å². The first-order chi connectivity index (χ1) is 6.15. The van der Waals surface area contributed by atoms with Gasteiger partial charge in [-0.25, -0.2) is 0 Å². The Bertz CT molecular complexity index is 323. The van der Waals surface area contributed by atoms with Crippen LogP contribution in [0.4, 0.5) is 0 Å². The molecule has 0 spiro atoms. The summed E-state index contributed by atoms with van der Waals surface area (Å²) < 4.78 is 10.9. The van der Waals surface area contributed by atoms with E-state index in [1.807, 2.05) is 12.1 Å². The lowest BCUT2D eigenvalue weighted by Gasteiger charge is -2.08. The minimum Gasteiger partial charge on any atom is -0.493 e. The summed E-state index contributed by atoms with van der Waals surface area (Å²) in [5.41, 5.74) is 0. The monoisotopic (exact) mass is 292 g/mol. The summed E-state index contributed by atoms with van der Waals surface area (Å²) in [4.78, 5) is 10.8. The third-order valence-electron chi connectivity index (χ3n) is 1.40. The Labute approximate surface area is 90.2 Å². The molecule has 13 heavy (non-hydrogen) atoms. The van der Waals surface area contributed by atoms with Crippen LogP contribution >= 0.6 is 22.6 Å². The number of rotatable bonds is 2. The van der Waals surface area contributed by atoms with Gasteiger partial charge in [-0.05, 0) is 34.7 Å². The highest BCUT2D eigenvalue weighted by atomic mass is 127. The van der Waals surface area contributed by atoms with Crippen molar-refractivity contribution in [2.75, 3.05) is 7.11 Å². The molecule has 0 saturated carbocycles. The first-order valence-corrected chi connectivity index (χ1v) is 4.74. The Morgan fingerprint density at radius 3 is 2.69 bits per heavy atom. The van der Waals surface area contributed by atoms with Crippen LogP contribution in [0.1, 0.15) is 6.92 Å². The van der Waals surface area contributed by atoms with Crippen LogP contribution in [0.15, 0.2) is 18.2 Å². The molecule has 0 amide bonds. The van der Waals surface area contributed by atoms with Crippen LogP contribution in [0.3, 0.4) is 0 Å². The molecule has 0 bridgehead atoms. The Balaban J connectivity index is 3.07. The zero-order valence-electron chi connectivity index (χ0n) is 7.33. The van der Waals surface area contributed by atoms with Crippen molar-refractivity contribution in [2.24, 2.45) is 0 Å². The number of esters is 1.